The summed E-state index contributed by atoms with van der Waals surface area (Å²) in [5, 5.41) is 3.37. The quantitative estimate of drug-likeness (QED) is 0.560. The number of hydrazine groups is 1. The van der Waals surface area contributed by atoms with E-state index >= 15 is 0 Å². The lowest BCUT2D eigenvalue weighted by Gasteiger charge is -2.18. The maximum absolute atomic E-state index is 5.48. The maximum Gasteiger partial charge on any atom is 0.243 e. The Morgan fingerprint density at radius 3 is 2.52 bits per heavy atom. The molecule has 1 saturated heterocycles. The van der Waals surface area contributed by atoms with E-state index in [-0.39, 0.29) is 0 Å². The van der Waals surface area contributed by atoms with E-state index in [1.165, 1.54) is 32.1 Å². The predicted octanol–water partition coefficient (Wildman–Crippen LogP) is 1.61. The van der Waals surface area contributed by atoms with Gasteiger partial charge in [-0.2, -0.15) is 15.0 Å². The summed E-state index contributed by atoms with van der Waals surface area (Å²) >= 11 is 0. The molecule has 0 spiro atoms. The van der Waals surface area contributed by atoms with Gasteiger partial charge in [-0.15, -0.1) is 0 Å². The fourth-order valence-corrected chi connectivity index (χ4v) is 3.31. The number of aromatic nitrogens is 3. The molecule has 2 fully saturated rings. The minimum absolute atomic E-state index is 0.425. The lowest BCUT2D eigenvalue weighted by atomic mass is 9.98. The largest absolute Gasteiger partial charge is 0.354 e. The van der Waals surface area contributed by atoms with Crippen molar-refractivity contribution < 1.29 is 0 Å². The van der Waals surface area contributed by atoms with Crippen molar-refractivity contribution in [2.24, 2.45) is 17.7 Å². The minimum atomic E-state index is 0.425. The van der Waals surface area contributed by atoms with Crippen LogP contribution in [0.4, 0.5) is 17.8 Å². The molecule has 1 aromatic rings. The van der Waals surface area contributed by atoms with Crippen LogP contribution in [0, 0.1) is 11.8 Å². The van der Waals surface area contributed by atoms with E-state index in [2.05, 4.69) is 37.5 Å². The van der Waals surface area contributed by atoms with Crippen LogP contribution in [0.25, 0.3) is 0 Å². The van der Waals surface area contributed by atoms with Crippen LogP contribution in [-0.4, -0.2) is 34.6 Å². The Labute approximate surface area is 125 Å². The molecule has 2 atom stereocenters. The number of nitrogens with zero attached hydrogens (tertiary/aromatic N) is 4. The second-order valence-electron chi connectivity index (χ2n) is 6.17. The SMILES string of the molecule is CC1CCCC1CNc1nc(NN)nc(N2CCCC2)n1. The van der Waals surface area contributed by atoms with Crippen LogP contribution >= 0.6 is 0 Å². The molecule has 1 saturated carbocycles. The number of anilines is 3. The van der Waals surface area contributed by atoms with E-state index < -0.39 is 0 Å². The van der Waals surface area contributed by atoms with Crippen molar-refractivity contribution in [3.63, 3.8) is 0 Å². The summed E-state index contributed by atoms with van der Waals surface area (Å²) in [6.07, 6.45) is 6.34. The molecular formula is C14H25N7. The van der Waals surface area contributed by atoms with Crippen molar-refractivity contribution >= 4 is 17.8 Å². The molecule has 1 aromatic heterocycles. The van der Waals surface area contributed by atoms with Gasteiger partial charge >= 0.3 is 0 Å². The standard InChI is InChI=1S/C14H25N7/c1-10-5-4-6-11(10)9-16-12-17-13(20-15)19-14(18-12)21-7-2-3-8-21/h10-11H,2-9,15H2,1H3,(H2,16,17,18,19,20). The molecule has 2 unspecified atom stereocenters. The first kappa shape index (κ1) is 14.3. The highest BCUT2D eigenvalue weighted by Crippen LogP contribution is 2.31. The topological polar surface area (TPSA) is 92.0 Å². The van der Waals surface area contributed by atoms with Gasteiger partial charge in [0.25, 0.3) is 0 Å². The second-order valence-corrected chi connectivity index (χ2v) is 6.17. The first-order valence-electron chi connectivity index (χ1n) is 7.98. The predicted molar refractivity (Wildman–Crippen MR) is 84.1 cm³/mol. The zero-order valence-corrected chi connectivity index (χ0v) is 12.7. The smallest absolute Gasteiger partial charge is 0.243 e. The van der Waals surface area contributed by atoms with Gasteiger partial charge in [-0.05, 0) is 31.1 Å². The van der Waals surface area contributed by atoms with Crippen LogP contribution in [0.2, 0.25) is 0 Å². The van der Waals surface area contributed by atoms with Crippen LogP contribution in [0.1, 0.15) is 39.0 Å². The number of nitrogens with one attached hydrogen (secondary N) is 2. The van der Waals surface area contributed by atoms with E-state index in [1.54, 1.807) is 0 Å². The number of hydrogen-bond donors (Lipinski definition) is 3. The van der Waals surface area contributed by atoms with Gasteiger partial charge in [-0.3, -0.25) is 5.43 Å². The lowest BCUT2D eigenvalue weighted by molar-refractivity contribution is 0.439. The Balaban J connectivity index is 1.69. The van der Waals surface area contributed by atoms with Crippen molar-refractivity contribution in [3.8, 4) is 0 Å². The fraction of sp³-hybridized carbons (Fsp3) is 0.786. The van der Waals surface area contributed by atoms with E-state index in [1.807, 2.05) is 0 Å². The first-order chi connectivity index (χ1) is 10.3. The Kier molecular flexibility index (Phi) is 4.38. The molecule has 2 heterocycles. The molecule has 116 valence electrons. The third kappa shape index (κ3) is 3.34. The fourth-order valence-electron chi connectivity index (χ4n) is 3.31. The van der Waals surface area contributed by atoms with Crippen LogP contribution < -0.4 is 21.5 Å². The van der Waals surface area contributed by atoms with Crippen LogP contribution in [0.5, 0.6) is 0 Å². The molecule has 7 nitrogen and oxygen atoms in total. The molecule has 7 heteroatoms. The van der Waals surface area contributed by atoms with E-state index in [0.717, 1.165) is 31.5 Å². The van der Waals surface area contributed by atoms with Gasteiger partial charge in [0.05, 0.1) is 0 Å². The van der Waals surface area contributed by atoms with Crippen molar-refractivity contribution in [2.75, 3.05) is 35.3 Å². The Morgan fingerprint density at radius 1 is 1.10 bits per heavy atom. The molecular weight excluding hydrogens is 266 g/mol. The van der Waals surface area contributed by atoms with Crippen molar-refractivity contribution in [1.82, 2.24) is 15.0 Å². The monoisotopic (exact) mass is 291 g/mol. The Morgan fingerprint density at radius 2 is 1.86 bits per heavy atom. The number of hydrogen-bond acceptors (Lipinski definition) is 7. The lowest BCUT2D eigenvalue weighted by Crippen LogP contribution is -2.24. The minimum Gasteiger partial charge on any atom is -0.354 e. The van der Waals surface area contributed by atoms with Gasteiger partial charge < -0.3 is 10.2 Å². The summed E-state index contributed by atoms with van der Waals surface area (Å²) in [6.45, 7) is 5.27. The molecule has 21 heavy (non-hydrogen) atoms. The summed E-state index contributed by atoms with van der Waals surface area (Å²) in [7, 11) is 0. The number of nitrogen functional groups attached to an aromatic ring is 1. The highest BCUT2D eigenvalue weighted by Gasteiger charge is 2.23. The zero-order valence-electron chi connectivity index (χ0n) is 12.7. The average molecular weight is 291 g/mol. The van der Waals surface area contributed by atoms with E-state index in [9.17, 15) is 0 Å². The molecule has 0 radical (unpaired) electrons. The normalized spacial score (nSPS) is 25.3. The summed E-state index contributed by atoms with van der Waals surface area (Å²) in [6, 6.07) is 0. The molecule has 0 aromatic carbocycles. The molecule has 1 aliphatic carbocycles. The van der Waals surface area contributed by atoms with Crippen LogP contribution in [-0.2, 0) is 0 Å². The van der Waals surface area contributed by atoms with Gasteiger partial charge in [-0.25, -0.2) is 5.84 Å². The van der Waals surface area contributed by atoms with Gasteiger partial charge in [-0.1, -0.05) is 19.8 Å². The highest BCUT2D eigenvalue weighted by atomic mass is 15.4. The molecule has 2 aliphatic rings. The third-order valence-electron chi connectivity index (χ3n) is 4.70. The zero-order chi connectivity index (χ0) is 14.7. The van der Waals surface area contributed by atoms with Crippen LogP contribution in [0.3, 0.4) is 0 Å². The average Bonchev–Trinajstić information content (AvgIpc) is 3.16. The van der Waals surface area contributed by atoms with E-state index in [4.69, 9.17) is 5.84 Å². The van der Waals surface area contributed by atoms with Crippen molar-refractivity contribution in [2.45, 2.75) is 39.0 Å². The summed E-state index contributed by atoms with van der Waals surface area (Å²) < 4.78 is 0. The van der Waals surface area contributed by atoms with Gasteiger partial charge in [0.15, 0.2) is 0 Å². The molecule has 3 rings (SSSR count). The maximum atomic E-state index is 5.48. The van der Waals surface area contributed by atoms with Gasteiger partial charge in [0.2, 0.25) is 17.8 Å². The molecule has 0 bridgehead atoms. The summed E-state index contributed by atoms with van der Waals surface area (Å²) in [5.74, 6) is 8.74. The first-order valence-corrected chi connectivity index (χ1v) is 7.98. The Hall–Kier alpha value is -1.63. The summed E-state index contributed by atoms with van der Waals surface area (Å²) in [4.78, 5) is 15.4. The van der Waals surface area contributed by atoms with Gasteiger partial charge in [0, 0.05) is 19.6 Å². The van der Waals surface area contributed by atoms with Crippen LogP contribution in [0.15, 0.2) is 0 Å². The molecule has 4 N–H and O–H groups in total. The second kappa shape index (κ2) is 6.43. The van der Waals surface area contributed by atoms with E-state index in [0.29, 0.717) is 17.8 Å². The Bertz CT molecular complexity index is 472. The molecule has 1 aliphatic heterocycles. The summed E-state index contributed by atoms with van der Waals surface area (Å²) in [5.41, 5.74) is 2.54. The highest BCUT2D eigenvalue weighted by molar-refractivity contribution is 5.43. The number of rotatable bonds is 5. The third-order valence-corrected chi connectivity index (χ3v) is 4.70. The number of nitrogens with two attached hydrogens (primary N) is 1. The van der Waals surface area contributed by atoms with Crippen molar-refractivity contribution in [3.05, 3.63) is 0 Å². The van der Waals surface area contributed by atoms with Gasteiger partial charge in [0.1, 0.15) is 0 Å². The van der Waals surface area contributed by atoms with Crippen molar-refractivity contribution in [1.29, 1.82) is 0 Å². The molecule has 0 amide bonds.